The number of benzene rings is 2. The molecule has 1 atom stereocenters. The third-order valence-corrected chi connectivity index (χ3v) is 4.55. The Morgan fingerprint density at radius 1 is 1.00 bits per heavy atom. The highest BCUT2D eigenvalue weighted by Crippen LogP contribution is 2.18. The molecule has 0 fully saturated rings. The Morgan fingerprint density at radius 2 is 1.65 bits per heavy atom. The van der Waals surface area contributed by atoms with Gasteiger partial charge in [0.1, 0.15) is 5.75 Å². The molecule has 2 aromatic rings. The first-order valence-corrected chi connectivity index (χ1v) is 10.5. The van der Waals surface area contributed by atoms with E-state index in [-0.39, 0.29) is 35.9 Å². The maximum absolute atomic E-state index is 11.8. The number of carbonyl (C=O) groups is 1. The summed E-state index contributed by atoms with van der Waals surface area (Å²) in [6.45, 7) is 10.2. The van der Waals surface area contributed by atoms with Crippen LogP contribution in [0.3, 0.4) is 0 Å². The van der Waals surface area contributed by atoms with E-state index < -0.39 is 0 Å². The minimum Gasteiger partial charge on any atom is -0.493 e. The second-order valence-electron chi connectivity index (χ2n) is 7.62. The summed E-state index contributed by atoms with van der Waals surface area (Å²) in [6.07, 6.45) is 0. The smallest absolute Gasteiger partial charge is 0.251 e. The van der Waals surface area contributed by atoms with Gasteiger partial charge in [-0.05, 0) is 55.2 Å². The lowest BCUT2D eigenvalue weighted by atomic mass is 10.1. The summed E-state index contributed by atoms with van der Waals surface area (Å²) in [5.74, 6) is 2.06. The maximum Gasteiger partial charge on any atom is 0.251 e. The van der Waals surface area contributed by atoms with Crippen LogP contribution in [0.1, 0.15) is 55.2 Å². The van der Waals surface area contributed by atoms with E-state index in [4.69, 9.17) is 4.74 Å². The highest BCUT2D eigenvalue weighted by Gasteiger charge is 2.09. The summed E-state index contributed by atoms with van der Waals surface area (Å²) in [5.41, 5.74) is 2.89. The summed E-state index contributed by atoms with van der Waals surface area (Å²) < 4.78 is 5.75. The number of carbonyl (C=O) groups excluding carboxylic acids is 1. The van der Waals surface area contributed by atoms with Crippen LogP contribution in [0.4, 0.5) is 0 Å². The van der Waals surface area contributed by atoms with E-state index in [1.54, 1.807) is 7.05 Å². The van der Waals surface area contributed by atoms with Gasteiger partial charge in [-0.3, -0.25) is 9.79 Å². The highest BCUT2D eigenvalue weighted by molar-refractivity contribution is 14.0. The standard InChI is InChI=1S/C24H34N4O2.HI/c1-6-26-23(29)21-9-7-19(8-10-21)15-27-24(25-5)28-18(4)20-11-13-22(14-12-20)30-16-17(2)3;/h7-14,17-18H,6,15-16H2,1-5H3,(H,26,29)(H2,25,27,28);1H. The second-order valence-corrected chi connectivity index (χ2v) is 7.62. The zero-order valence-corrected chi connectivity index (χ0v) is 21.4. The molecule has 7 heteroatoms. The zero-order valence-electron chi connectivity index (χ0n) is 19.1. The van der Waals surface area contributed by atoms with Crippen molar-refractivity contribution in [2.75, 3.05) is 20.2 Å². The van der Waals surface area contributed by atoms with Crippen LogP contribution in [0, 0.1) is 5.92 Å². The average Bonchev–Trinajstić information content (AvgIpc) is 2.75. The molecular weight excluding hydrogens is 503 g/mol. The van der Waals surface area contributed by atoms with Crippen LogP contribution in [0.2, 0.25) is 0 Å². The van der Waals surface area contributed by atoms with Crippen molar-refractivity contribution in [2.45, 2.75) is 40.3 Å². The van der Waals surface area contributed by atoms with Gasteiger partial charge in [0.15, 0.2) is 5.96 Å². The molecule has 1 amide bonds. The van der Waals surface area contributed by atoms with Crippen molar-refractivity contribution >= 4 is 35.8 Å². The molecule has 0 radical (unpaired) electrons. The minimum absolute atomic E-state index is 0. The molecule has 170 valence electrons. The van der Waals surface area contributed by atoms with Gasteiger partial charge in [0.05, 0.1) is 12.6 Å². The Balaban J connectivity index is 0.00000480. The predicted molar refractivity (Wildman–Crippen MR) is 138 cm³/mol. The molecule has 0 saturated heterocycles. The third-order valence-electron chi connectivity index (χ3n) is 4.55. The van der Waals surface area contributed by atoms with E-state index in [0.717, 1.165) is 22.8 Å². The van der Waals surface area contributed by atoms with Gasteiger partial charge in [-0.25, -0.2) is 0 Å². The maximum atomic E-state index is 11.8. The van der Waals surface area contributed by atoms with Gasteiger partial charge in [0.2, 0.25) is 0 Å². The van der Waals surface area contributed by atoms with Crippen molar-refractivity contribution in [3.63, 3.8) is 0 Å². The number of guanidine groups is 1. The van der Waals surface area contributed by atoms with Crippen LogP contribution in [0.15, 0.2) is 53.5 Å². The van der Waals surface area contributed by atoms with Crippen LogP contribution in [-0.4, -0.2) is 32.1 Å². The summed E-state index contributed by atoms with van der Waals surface area (Å²) in [4.78, 5) is 16.2. The van der Waals surface area contributed by atoms with Crippen molar-refractivity contribution in [1.29, 1.82) is 0 Å². The van der Waals surface area contributed by atoms with Crippen LogP contribution in [-0.2, 0) is 6.54 Å². The number of hydrogen-bond acceptors (Lipinski definition) is 3. The minimum atomic E-state index is -0.0519. The molecular formula is C24H35IN4O2. The molecule has 0 aliphatic heterocycles. The Labute approximate surface area is 203 Å². The monoisotopic (exact) mass is 538 g/mol. The SMILES string of the molecule is CCNC(=O)c1ccc(CNC(=NC)NC(C)c2ccc(OCC(C)C)cc2)cc1.I. The number of amides is 1. The number of halogens is 1. The van der Waals surface area contributed by atoms with Gasteiger partial charge < -0.3 is 20.7 Å². The molecule has 0 saturated carbocycles. The highest BCUT2D eigenvalue weighted by atomic mass is 127. The van der Waals surface area contributed by atoms with Crippen LogP contribution < -0.4 is 20.7 Å². The molecule has 3 N–H and O–H groups in total. The van der Waals surface area contributed by atoms with Crippen molar-refractivity contribution < 1.29 is 9.53 Å². The van der Waals surface area contributed by atoms with Gasteiger partial charge in [-0.1, -0.05) is 38.1 Å². The van der Waals surface area contributed by atoms with Crippen LogP contribution in [0.25, 0.3) is 0 Å². The van der Waals surface area contributed by atoms with Crippen molar-refractivity contribution in [3.8, 4) is 5.75 Å². The number of nitrogens with one attached hydrogen (secondary N) is 3. The quantitative estimate of drug-likeness (QED) is 0.250. The first kappa shape index (κ1) is 26.7. The molecule has 0 heterocycles. The van der Waals surface area contributed by atoms with Crippen molar-refractivity contribution in [2.24, 2.45) is 10.9 Å². The Morgan fingerprint density at radius 3 is 2.19 bits per heavy atom. The van der Waals surface area contributed by atoms with Crippen molar-refractivity contribution in [1.82, 2.24) is 16.0 Å². The number of nitrogens with zero attached hydrogens (tertiary/aromatic N) is 1. The fourth-order valence-electron chi connectivity index (χ4n) is 2.82. The molecule has 2 rings (SSSR count). The first-order chi connectivity index (χ1) is 14.4. The molecule has 0 aromatic heterocycles. The zero-order chi connectivity index (χ0) is 21.9. The number of hydrogen-bond donors (Lipinski definition) is 3. The van der Waals surface area contributed by atoms with Gasteiger partial charge in [0, 0.05) is 25.7 Å². The lowest BCUT2D eigenvalue weighted by Gasteiger charge is -2.19. The van der Waals surface area contributed by atoms with Gasteiger partial charge in [0.25, 0.3) is 5.91 Å². The van der Waals surface area contributed by atoms with E-state index in [9.17, 15) is 4.79 Å². The Kier molecular flexibility index (Phi) is 12.0. The Bertz CT molecular complexity index is 820. The molecule has 1 unspecified atom stereocenters. The lowest BCUT2D eigenvalue weighted by molar-refractivity contribution is 0.0956. The molecule has 0 spiro atoms. The van der Waals surface area contributed by atoms with Gasteiger partial charge in [-0.2, -0.15) is 0 Å². The first-order valence-electron chi connectivity index (χ1n) is 10.5. The van der Waals surface area contributed by atoms with E-state index >= 15 is 0 Å². The normalized spacial score (nSPS) is 12.0. The molecule has 2 aromatic carbocycles. The van der Waals surface area contributed by atoms with Crippen molar-refractivity contribution in [3.05, 3.63) is 65.2 Å². The van der Waals surface area contributed by atoms with Crippen LogP contribution in [0.5, 0.6) is 5.75 Å². The van der Waals surface area contributed by atoms with E-state index in [0.29, 0.717) is 31.2 Å². The molecule has 31 heavy (non-hydrogen) atoms. The van der Waals surface area contributed by atoms with Crippen LogP contribution >= 0.6 is 24.0 Å². The largest absolute Gasteiger partial charge is 0.493 e. The molecule has 6 nitrogen and oxygen atoms in total. The fraction of sp³-hybridized carbons (Fsp3) is 0.417. The summed E-state index contributed by atoms with van der Waals surface area (Å²) in [5, 5.41) is 9.52. The number of rotatable bonds is 9. The summed E-state index contributed by atoms with van der Waals surface area (Å²) in [7, 11) is 1.75. The fourth-order valence-corrected chi connectivity index (χ4v) is 2.82. The van der Waals surface area contributed by atoms with Gasteiger partial charge >= 0.3 is 0 Å². The van der Waals surface area contributed by atoms with E-state index in [1.807, 2.05) is 43.3 Å². The molecule has 0 bridgehead atoms. The second kappa shape index (κ2) is 13.9. The Hall–Kier alpha value is -2.29. The average molecular weight is 538 g/mol. The summed E-state index contributed by atoms with van der Waals surface area (Å²) in [6, 6.07) is 15.8. The third kappa shape index (κ3) is 9.16. The van der Waals surface area contributed by atoms with Gasteiger partial charge in [-0.15, -0.1) is 24.0 Å². The molecule has 0 aliphatic rings. The van der Waals surface area contributed by atoms with E-state index in [2.05, 4.69) is 53.8 Å². The number of aliphatic imine (C=N–C) groups is 1. The number of ether oxygens (including phenoxy) is 1. The predicted octanol–water partition coefficient (Wildman–Crippen LogP) is 4.52. The topological polar surface area (TPSA) is 74.8 Å². The van der Waals surface area contributed by atoms with E-state index in [1.165, 1.54) is 0 Å². The molecule has 0 aliphatic carbocycles. The summed E-state index contributed by atoms with van der Waals surface area (Å²) >= 11 is 0. The lowest BCUT2D eigenvalue weighted by Crippen LogP contribution is -2.38.